The number of carbonyl (C=O) groups is 1. The lowest BCUT2D eigenvalue weighted by Crippen LogP contribution is -2.33. The van der Waals surface area contributed by atoms with E-state index in [1.165, 1.54) is 18.2 Å². The van der Waals surface area contributed by atoms with E-state index in [-0.39, 0.29) is 17.8 Å². The van der Waals surface area contributed by atoms with Crippen LogP contribution in [-0.2, 0) is 4.79 Å². The van der Waals surface area contributed by atoms with Crippen LogP contribution in [0.4, 0.5) is 10.1 Å². The lowest BCUT2D eigenvalue weighted by atomic mass is 10.1. The number of benzene rings is 2. The summed E-state index contributed by atoms with van der Waals surface area (Å²) < 4.78 is 13.5. The minimum atomic E-state index is -0.276. The molecule has 0 aliphatic heterocycles. The van der Waals surface area contributed by atoms with Gasteiger partial charge in [0, 0.05) is 32.4 Å². The zero-order valence-electron chi connectivity index (χ0n) is 15.7. The van der Waals surface area contributed by atoms with Gasteiger partial charge in [-0.15, -0.1) is 0 Å². The molecule has 26 heavy (non-hydrogen) atoms. The van der Waals surface area contributed by atoms with Gasteiger partial charge in [-0.3, -0.25) is 4.79 Å². The number of hydrogen-bond donors (Lipinski definition) is 1. The molecule has 2 aromatic rings. The summed E-state index contributed by atoms with van der Waals surface area (Å²) in [5, 5.41) is 2.88. The van der Waals surface area contributed by atoms with Gasteiger partial charge in [0.15, 0.2) is 0 Å². The molecular weight excluding hydrogens is 329 g/mol. The van der Waals surface area contributed by atoms with E-state index >= 15 is 0 Å². The number of hydrogen-bond acceptors (Lipinski definition) is 3. The highest BCUT2D eigenvalue weighted by atomic mass is 19.1. The minimum absolute atomic E-state index is 0.0950. The maximum Gasteiger partial charge on any atom is 0.244 e. The Hall–Kier alpha value is -2.66. The van der Waals surface area contributed by atoms with E-state index < -0.39 is 0 Å². The molecule has 0 saturated heterocycles. The third-order valence-corrected chi connectivity index (χ3v) is 4.16. The number of rotatable bonds is 7. The Kier molecular flexibility index (Phi) is 6.92. The highest BCUT2D eigenvalue weighted by molar-refractivity contribution is 5.91. The van der Waals surface area contributed by atoms with Gasteiger partial charge in [-0.2, -0.15) is 0 Å². The second-order valence-corrected chi connectivity index (χ2v) is 6.60. The van der Waals surface area contributed by atoms with E-state index in [9.17, 15) is 9.18 Å². The first-order valence-corrected chi connectivity index (χ1v) is 8.52. The summed E-state index contributed by atoms with van der Waals surface area (Å²) in [6.07, 6.45) is 3.30. The van der Waals surface area contributed by atoms with Crippen molar-refractivity contribution in [2.24, 2.45) is 0 Å². The van der Waals surface area contributed by atoms with Crippen LogP contribution < -0.4 is 10.2 Å². The van der Waals surface area contributed by atoms with Crippen LogP contribution in [-0.4, -0.2) is 45.5 Å². The normalized spacial score (nSPS) is 12.4. The lowest BCUT2D eigenvalue weighted by molar-refractivity contribution is -0.116. The summed E-state index contributed by atoms with van der Waals surface area (Å²) in [5.41, 5.74) is 2.90. The third-order valence-electron chi connectivity index (χ3n) is 4.16. The predicted molar refractivity (Wildman–Crippen MR) is 106 cm³/mol. The van der Waals surface area contributed by atoms with E-state index in [4.69, 9.17) is 0 Å². The topological polar surface area (TPSA) is 35.6 Å². The van der Waals surface area contributed by atoms with Crippen LogP contribution in [0, 0.1) is 5.82 Å². The molecule has 0 bridgehead atoms. The maximum absolute atomic E-state index is 13.5. The van der Waals surface area contributed by atoms with Crippen molar-refractivity contribution in [1.82, 2.24) is 10.2 Å². The highest BCUT2D eigenvalue weighted by Gasteiger charge is 2.15. The maximum atomic E-state index is 13.5. The van der Waals surface area contributed by atoms with E-state index in [0.29, 0.717) is 6.54 Å². The Morgan fingerprint density at radius 1 is 1.12 bits per heavy atom. The monoisotopic (exact) mass is 355 g/mol. The Morgan fingerprint density at radius 2 is 1.81 bits per heavy atom. The number of amides is 1. The molecule has 1 N–H and O–H groups in total. The molecular formula is C21H26FN3O. The number of likely N-dealkylation sites (N-methyl/N-ethyl adjacent to an activating group) is 1. The first-order chi connectivity index (χ1) is 12.4. The molecule has 0 fully saturated rings. The Morgan fingerprint density at radius 3 is 2.38 bits per heavy atom. The quantitative estimate of drug-likeness (QED) is 0.774. The predicted octanol–water partition coefficient (Wildman–Crippen LogP) is 3.32. The molecule has 0 aromatic heterocycles. The summed E-state index contributed by atoms with van der Waals surface area (Å²) in [7, 11) is 7.78. The standard InChI is InChI=1S/C21H26FN3O/c1-24(2)19-11-8-16(9-12-19)10-13-21(26)23-15-20(25(3)4)17-6-5-7-18(22)14-17/h5-14,20H,15H2,1-4H3,(H,23,26)/b13-10+. The molecule has 1 amide bonds. The van der Waals surface area contributed by atoms with E-state index in [1.807, 2.05) is 68.3 Å². The van der Waals surface area contributed by atoms with Crippen LogP contribution in [0.15, 0.2) is 54.6 Å². The zero-order valence-corrected chi connectivity index (χ0v) is 15.7. The number of anilines is 1. The minimum Gasteiger partial charge on any atom is -0.378 e. The smallest absolute Gasteiger partial charge is 0.244 e. The molecule has 1 unspecified atom stereocenters. The largest absolute Gasteiger partial charge is 0.378 e. The Balaban J connectivity index is 1.95. The van der Waals surface area contributed by atoms with Crippen molar-refractivity contribution in [3.63, 3.8) is 0 Å². The molecule has 0 heterocycles. The summed E-state index contributed by atoms with van der Waals surface area (Å²) in [6, 6.07) is 14.3. The zero-order chi connectivity index (χ0) is 19.1. The van der Waals surface area contributed by atoms with Crippen LogP contribution in [0.1, 0.15) is 17.2 Å². The van der Waals surface area contributed by atoms with Crippen molar-refractivity contribution in [2.75, 3.05) is 39.6 Å². The molecule has 2 rings (SSSR count). The first-order valence-electron chi connectivity index (χ1n) is 8.52. The molecule has 4 nitrogen and oxygen atoms in total. The van der Waals surface area contributed by atoms with Crippen molar-refractivity contribution < 1.29 is 9.18 Å². The number of carbonyl (C=O) groups excluding carboxylic acids is 1. The van der Waals surface area contributed by atoms with Gasteiger partial charge in [0.2, 0.25) is 5.91 Å². The van der Waals surface area contributed by atoms with Gasteiger partial charge in [-0.25, -0.2) is 4.39 Å². The molecule has 1 atom stereocenters. The number of nitrogens with one attached hydrogen (secondary N) is 1. The summed E-state index contributed by atoms with van der Waals surface area (Å²) >= 11 is 0. The Labute approximate surface area is 154 Å². The molecule has 0 saturated carbocycles. The van der Waals surface area contributed by atoms with Gasteiger partial charge in [0.05, 0.1) is 6.04 Å². The fourth-order valence-electron chi connectivity index (χ4n) is 2.62. The average Bonchev–Trinajstić information content (AvgIpc) is 2.60. The van der Waals surface area contributed by atoms with Gasteiger partial charge >= 0.3 is 0 Å². The van der Waals surface area contributed by atoms with Crippen LogP contribution in [0.5, 0.6) is 0 Å². The van der Waals surface area contributed by atoms with Crippen LogP contribution in [0.3, 0.4) is 0 Å². The third kappa shape index (κ3) is 5.70. The van der Waals surface area contributed by atoms with Crippen LogP contribution in [0.25, 0.3) is 6.08 Å². The molecule has 2 aromatic carbocycles. The molecule has 0 aliphatic rings. The fourth-order valence-corrected chi connectivity index (χ4v) is 2.62. The van der Waals surface area contributed by atoms with E-state index in [2.05, 4.69) is 5.32 Å². The van der Waals surface area contributed by atoms with E-state index in [0.717, 1.165) is 16.8 Å². The van der Waals surface area contributed by atoms with Crippen molar-refractivity contribution in [3.8, 4) is 0 Å². The second-order valence-electron chi connectivity index (χ2n) is 6.60. The average molecular weight is 355 g/mol. The van der Waals surface area contributed by atoms with Gasteiger partial charge in [-0.05, 0) is 55.6 Å². The summed E-state index contributed by atoms with van der Waals surface area (Å²) in [5.74, 6) is -0.452. The SMILES string of the molecule is CN(C)c1ccc(/C=C/C(=O)NCC(c2cccc(F)c2)N(C)C)cc1. The second kappa shape index (κ2) is 9.15. The van der Waals surface area contributed by atoms with Crippen molar-refractivity contribution in [3.05, 3.63) is 71.6 Å². The number of halogens is 1. The molecule has 5 heteroatoms. The first kappa shape index (κ1) is 19.7. The van der Waals surface area contributed by atoms with Crippen molar-refractivity contribution in [1.29, 1.82) is 0 Å². The molecule has 138 valence electrons. The highest BCUT2D eigenvalue weighted by Crippen LogP contribution is 2.18. The van der Waals surface area contributed by atoms with Gasteiger partial charge in [0.25, 0.3) is 0 Å². The fraction of sp³-hybridized carbons (Fsp3) is 0.286. The Bertz CT molecular complexity index is 754. The van der Waals surface area contributed by atoms with Gasteiger partial charge in [0.1, 0.15) is 5.82 Å². The van der Waals surface area contributed by atoms with E-state index in [1.54, 1.807) is 12.1 Å². The van der Waals surface area contributed by atoms with Gasteiger partial charge < -0.3 is 15.1 Å². The van der Waals surface area contributed by atoms with Crippen LogP contribution in [0.2, 0.25) is 0 Å². The summed E-state index contributed by atoms with van der Waals surface area (Å²) in [4.78, 5) is 16.1. The number of nitrogens with zero attached hydrogens (tertiary/aromatic N) is 2. The summed E-state index contributed by atoms with van der Waals surface area (Å²) in [6.45, 7) is 0.402. The van der Waals surface area contributed by atoms with Crippen LogP contribution >= 0.6 is 0 Å². The van der Waals surface area contributed by atoms with Crippen molar-refractivity contribution >= 4 is 17.7 Å². The van der Waals surface area contributed by atoms with Crippen molar-refractivity contribution in [2.45, 2.75) is 6.04 Å². The molecule has 0 spiro atoms. The molecule has 0 aliphatic carbocycles. The lowest BCUT2D eigenvalue weighted by Gasteiger charge is -2.24. The molecule has 0 radical (unpaired) electrons. The van der Waals surface area contributed by atoms with Gasteiger partial charge in [-0.1, -0.05) is 24.3 Å².